The molecule has 6 aliphatic carbocycles. The Bertz CT molecular complexity index is 1690. The third kappa shape index (κ3) is 8.88. The molecule has 2 aliphatic heterocycles. The predicted molar refractivity (Wildman–Crippen MR) is 256 cm³/mol. The summed E-state index contributed by atoms with van der Waals surface area (Å²) in [5, 5.41) is 45.4. The maximum Gasteiger partial charge on any atom is 0.121 e. The number of aromatic hydroxyl groups is 2. The Balaban J connectivity index is 0.00000264. The van der Waals surface area contributed by atoms with Crippen LogP contribution in [0.4, 0.5) is 0 Å². The van der Waals surface area contributed by atoms with Crippen LogP contribution in [0.15, 0.2) is 24.3 Å². The number of piperidine rings is 2. The van der Waals surface area contributed by atoms with Gasteiger partial charge in [0.25, 0.3) is 0 Å². The molecule has 8 aliphatic rings. The molecule has 6 nitrogen and oxygen atoms in total. The highest BCUT2D eigenvalue weighted by Crippen LogP contribution is 2.59. The molecule has 2 saturated heterocycles. The van der Waals surface area contributed by atoms with E-state index in [9.17, 15) is 20.4 Å². The molecule has 346 valence electrons. The number of hydrogen-bond donors (Lipinski definition) is 4. The van der Waals surface area contributed by atoms with Gasteiger partial charge in [0.15, 0.2) is 0 Å². The van der Waals surface area contributed by atoms with Gasteiger partial charge in [0.05, 0.1) is 12.2 Å². The number of unbranched alkanes of at least 4 members (excludes halogenated alkanes) is 7. The Morgan fingerprint density at radius 3 is 1.29 bits per heavy atom. The second kappa shape index (κ2) is 20.1. The number of rotatable bonds is 17. The van der Waals surface area contributed by atoms with Gasteiger partial charge < -0.3 is 20.4 Å². The smallest absolute Gasteiger partial charge is 0.121 e. The number of nitrogens with zero attached hydrogens (tertiary/aromatic N) is 2. The maximum atomic E-state index is 11.4. The number of hydrogen-bond acceptors (Lipinski definition) is 6. The summed E-state index contributed by atoms with van der Waals surface area (Å²) >= 11 is 0. The number of phenols is 2. The molecular formula is C54H82Cl2N2O4. The molecule has 4 bridgehead atoms. The van der Waals surface area contributed by atoms with Crippen LogP contribution in [-0.2, 0) is 23.7 Å². The average Bonchev–Trinajstić information content (AvgIpc) is 3.22. The summed E-state index contributed by atoms with van der Waals surface area (Å²) in [5.74, 6) is 3.90. The maximum absolute atomic E-state index is 11.4. The highest BCUT2D eigenvalue weighted by Gasteiger charge is 2.56. The standard InChI is InChI=1S/C54H80N2O4.2ClH/c57-49(41-29-39-31-47-43-19-9-11-23-53(43,45(39)33-51(41)59)25-27-55(47)35-37-15-13-16-37)21-7-5-3-1-2-4-6-8-22-50(58)42-30-40-32-48-44-20-10-12-24-54(44,46(40)34-52(42)60)26-28-56(48)36-38-17-14-18-38;;/h29-30,33-34,37-38,43-44,47-50,57-60H,1-28,31-32,35-36H2;2*1H/t43-,44-,47+,48+,49?,50?,53+,54+;;/m0../s1. The third-order valence-electron chi connectivity index (χ3n) is 19.0. The van der Waals surface area contributed by atoms with E-state index in [1.54, 1.807) is 0 Å². The molecule has 8 heteroatoms. The Hall–Kier alpha value is -1.54. The lowest BCUT2D eigenvalue weighted by Gasteiger charge is -2.59. The first kappa shape index (κ1) is 47.0. The number of phenolic OH excluding ortho intramolecular Hbond substituents is 2. The Labute approximate surface area is 387 Å². The van der Waals surface area contributed by atoms with Gasteiger partial charge in [0.2, 0.25) is 0 Å². The van der Waals surface area contributed by atoms with Gasteiger partial charge in [-0.15, -0.1) is 24.8 Å². The summed E-state index contributed by atoms with van der Waals surface area (Å²) in [7, 11) is 0. The second-order valence-electron chi connectivity index (χ2n) is 22.2. The molecule has 62 heavy (non-hydrogen) atoms. The lowest BCUT2D eigenvalue weighted by molar-refractivity contribution is -0.0241. The largest absolute Gasteiger partial charge is 0.508 e. The fourth-order valence-corrected chi connectivity index (χ4v) is 15.4. The van der Waals surface area contributed by atoms with Crippen LogP contribution in [0, 0.1) is 23.7 Å². The summed E-state index contributed by atoms with van der Waals surface area (Å²) in [6.07, 6.45) is 32.8. The highest BCUT2D eigenvalue weighted by molar-refractivity contribution is 5.85. The average molecular weight is 894 g/mol. The van der Waals surface area contributed by atoms with Crippen LogP contribution in [0.1, 0.15) is 213 Å². The van der Waals surface area contributed by atoms with Crippen molar-refractivity contribution in [1.82, 2.24) is 9.80 Å². The van der Waals surface area contributed by atoms with E-state index in [2.05, 4.69) is 34.1 Å². The molecular weight excluding hydrogens is 812 g/mol. The van der Waals surface area contributed by atoms with Gasteiger partial charge >= 0.3 is 0 Å². The molecule has 8 atom stereocenters. The van der Waals surface area contributed by atoms with E-state index < -0.39 is 12.2 Å². The van der Waals surface area contributed by atoms with E-state index in [4.69, 9.17) is 0 Å². The zero-order chi connectivity index (χ0) is 40.8. The van der Waals surface area contributed by atoms with Gasteiger partial charge in [0.1, 0.15) is 11.5 Å². The van der Waals surface area contributed by atoms with Crippen molar-refractivity contribution in [2.45, 2.75) is 215 Å². The van der Waals surface area contributed by atoms with Gasteiger partial charge in [-0.2, -0.15) is 0 Å². The molecule has 2 aromatic rings. The lowest BCUT2D eigenvalue weighted by Crippen LogP contribution is -2.61. The van der Waals surface area contributed by atoms with Crippen molar-refractivity contribution in [3.05, 3.63) is 57.6 Å². The van der Waals surface area contributed by atoms with Crippen molar-refractivity contribution in [2.75, 3.05) is 26.2 Å². The number of aliphatic hydroxyl groups excluding tert-OH is 2. The zero-order valence-corrected chi connectivity index (χ0v) is 39.7. The van der Waals surface area contributed by atoms with Crippen molar-refractivity contribution < 1.29 is 20.4 Å². The molecule has 10 rings (SSSR count). The topological polar surface area (TPSA) is 87.4 Å². The number of aliphatic hydroxyl groups is 2. The normalized spacial score (nSPS) is 31.5. The minimum absolute atomic E-state index is 0. The molecule has 4 saturated carbocycles. The third-order valence-corrected chi connectivity index (χ3v) is 19.0. The zero-order valence-electron chi connectivity index (χ0n) is 38.1. The molecule has 2 unspecified atom stereocenters. The first-order valence-corrected chi connectivity index (χ1v) is 25.9. The number of likely N-dealkylation sites (tertiary alicyclic amines) is 2. The summed E-state index contributed by atoms with van der Waals surface area (Å²) in [5.41, 5.74) is 7.67. The lowest BCUT2D eigenvalue weighted by atomic mass is 9.52. The van der Waals surface area contributed by atoms with Crippen LogP contribution >= 0.6 is 24.8 Å². The van der Waals surface area contributed by atoms with Crippen molar-refractivity contribution in [2.24, 2.45) is 23.7 Å². The molecule has 0 aromatic heterocycles. The number of fused-ring (bicyclic) bond motifs is 2. The first-order valence-electron chi connectivity index (χ1n) is 25.9. The Kier molecular flexibility index (Phi) is 15.3. The first-order chi connectivity index (χ1) is 29.3. The number of halogens is 2. The Morgan fingerprint density at radius 1 is 0.500 bits per heavy atom. The molecule has 2 aromatic carbocycles. The monoisotopic (exact) mass is 893 g/mol. The summed E-state index contributed by atoms with van der Waals surface area (Å²) in [6.45, 7) is 4.99. The van der Waals surface area contributed by atoms with Crippen LogP contribution in [0.2, 0.25) is 0 Å². The summed E-state index contributed by atoms with van der Waals surface area (Å²) in [4.78, 5) is 5.73. The predicted octanol–water partition coefficient (Wildman–Crippen LogP) is 12.3. The van der Waals surface area contributed by atoms with E-state index in [0.29, 0.717) is 36.4 Å². The molecule has 4 N–H and O–H groups in total. The Morgan fingerprint density at radius 2 is 0.903 bits per heavy atom. The molecule has 0 spiro atoms. The molecule has 2 heterocycles. The van der Waals surface area contributed by atoms with E-state index >= 15 is 0 Å². The minimum atomic E-state index is -0.598. The highest BCUT2D eigenvalue weighted by atomic mass is 35.5. The van der Waals surface area contributed by atoms with Crippen LogP contribution in [0.5, 0.6) is 11.5 Å². The summed E-state index contributed by atoms with van der Waals surface area (Å²) < 4.78 is 0. The van der Waals surface area contributed by atoms with Gasteiger partial charge in [-0.3, -0.25) is 9.80 Å². The number of benzene rings is 2. The van der Waals surface area contributed by atoms with Crippen molar-refractivity contribution in [3.63, 3.8) is 0 Å². The van der Waals surface area contributed by atoms with Crippen LogP contribution < -0.4 is 0 Å². The van der Waals surface area contributed by atoms with E-state index in [-0.39, 0.29) is 35.6 Å². The van der Waals surface area contributed by atoms with Gasteiger partial charge in [-0.1, -0.05) is 89.9 Å². The van der Waals surface area contributed by atoms with Crippen molar-refractivity contribution in [1.29, 1.82) is 0 Å². The summed E-state index contributed by atoms with van der Waals surface area (Å²) in [6, 6.07) is 9.93. The van der Waals surface area contributed by atoms with Crippen LogP contribution in [-0.4, -0.2) is 68.5 Å². The van der Waals surface area contributed by atoms with Crippen LogP contribution in [0.3, 0.4) is 0 Å². The van der Waals surface area contributed by atoms with E-state index in [1.807, 2.05) is 0 Å². The molecule has 6 fully saturated rings. The van der Waals surface area contributed by atoms with Gasteiger partial charge in [-0.25, -0.2) is 0 Å². The fraction of sp³-hybridized carbons (Fsp3) is 0.778. The molecule has 0 amide bonds. The van der Waals surface area contributed by atoms with E-state index in [1.165, 1.54) is 177 Å². The fourth-order valence-electron chi connectivity index (χ4n) is 15.4. The van der Waals surface area contributed by atoms with E-state index in [0.717, 1.165) is 73.3 Å². The molecule has 0 radical (unpaired) electrons. The minimum Gasteiger partial charge on any atom is -0.508 e. The van der Waals surface area contributed by atoms with Gasteiger partial charge in [-0.05, 0) is 173 Å². The van der Waals surface area contributed by atoms with Crippen LogP contribution in [0.25, 0.3) is 0 Å². The SMILES string of the molecule is Cl.Cl.Oc1cc2c(cc1C(O)CCCCCCCCCCC(O)c1cc3c(cc1O)[C@@]14CCCC[C@H]1[C@@H](C3)N(CC1CCC1)CC4)C[C@@H]1[C@@H]3CCCC[C@]23CCN1CC1CCC1. The van der Waals surface area contributed by atoms with Gasteiger partial charge in [0, 0.05) is 47.1 Å². The second-order valence-corrected chi connectivity index (χ2v) is 22.2. The van der Waals surface area contributed by atoms with Crippen molar-refractivity contribution in [3.8, 4) is 11.5 Å². The van der Waals surface area contributed by atoms with Crippen molar-refractivity contribution >= 4 is 24.8 Å². The quantitative estimate of drug-likeness (QED) is 0.118.